The Bertz CT molecular complexity index is 1040. The first kappa shape index (κ1) is 17.9. The van der Waals surface area contributed by atoms with Gasteiger partial charge in [0.05, 0.1) is 15.7 Å². The molecular weight excluding hydrogens is 434 g/mol. The first-order chi connectivity index (χ1) is 12.5. The van der Waals surface area contributed by atoms with Crippen molar-refractivity contribution in [2.24, 2.45) is 0 Å². The molecule has 3 heterocycles. The molecule has 136 valence electrons. The summed E-state index contributed by atoms with van der Waals surface area (Å²) >= 11 is 6.69. The number of aromatic nitrogens is 2. The zero-order valence-corrected chi connectivity index (χ0v) is 17.5. The predicted octanol–water partition coefficient (Wildman–Crippen LogP) is 3.89. The summed E-state index contributed by atoms with van der Waals surface area (Å²) in [7, 11) is 1.80. The molecule has 1 N–H and O–H groups in total. The highest BCUT2D eigenvalue weighted by molar-refractivity contribution is 9.11. The normalized spacial score (nSPS) is 13.3. The number of amides is 1. The lowest BCUT2D eigenvalue weighted by molar-refractivity contribution is -0.130. The molecule has 5 nitrogen and oxygen atoms in total. The van der Waals surface area contributed by atoms with E-state index in [0.717, 1.165) is 38.1 Å². The lowest BCUT2D eigenvalue weighted by atomic mass is 10.2. The van der Waals surface area contributed by atoms with E-state index in [-0.39, 0.29) is 11.5 Å². The molecule has 3 aromatic heterocycles. The molecule has 3 aromatic rings. The Morgan fingerprint density at radius 3 is 2.96 bits per heavy atom. The molecule has 4 rings (SSSR count). The third kappa shape index (κ3) is 3.50. The van der Waals surface area contributed by atoms with Gasteiger partial charge < -0.3 is 9.88 Å². The molecule has 1 aliphatic rings. The Kier molecular flexibility index (Phi) is 4.98. The summed E-state index contributed by atoms with van der Waals surface area (Å²) in [6.07, 6.45) is 3.93. The number of H-pyrrole nitrogens is 1. The average molecular weight is 452 g/mol. The van der Waals surface area contributed by atoms with E-state index in [2.05, 4.69) is 25.9 Å². The minimum absolute atomic E-state index is 0.0472. The maximum absolute atomic E-state index is 12.5. The monoisotopic (exact) mass is 451 g/mol. The van der Waals surface area contributed by atoms with Gasteiger partial charge >= 0.3 is 0 Å². The van der Waals surface area contributed by atoms with Crippen molar-refractivity contribution in [1.29, 1.82) is 0 Å². The molecule has 1 aliphatic carbocycles. The van der Waals surface area contributed by atoms with Crippen molar-refractivity contribution in [2.75, 3.05) is 7.05 Å². The lowest BCUT2D eigenvalue weighted by Gasteiger charge is -2.16. The second-order valence-corrected chi connectivity index (χ2v) is 10.1. The van der Waals surface area contributed by atoms with E-state index in [0.29, 0.717) is 25.2 Å². The fourth-order valence-corrected chi connectivity index (χ4v) is 6.16. The molecule has 26 heavy (non-hydrogen) atoms. The van der Waals surface area contributed by atoms with Gasteiger partial charge in [-0.2, -0.15) is 0 Å². The molecular formula is C18H18BrN3O2S2. The van der Waals surface area contributed by atoms with E-state index in [9.17, 15) is 9.59 Å². The summed E-state index contributed by atoms with van der Waals surface area (Å²) in [4.78, 5) is 37.3. The number of aromatic amines is 1. The lowest BCUT2D eigenvalue weighted by Crippen LogP contribution is -2.26. The van der Waals surface area contributed by atoms with Crippen molar-refractivity contribution >= 4 is 54.7 Å². The summed E-state index contributed by atoms with van der Waals surface area (Å²) in [5.41, 5.74) is 1.12. The number of fused-ring (bicyclic) bond motifs is 3. The molecule has 8 heteroatoms. The maximum atomic E-state index is 12.5. The molecule has 0 radical (unpaired) electrons. The van der Waals surface area contributed by atoms with Crippen LogP contribution >= 0.6 is 38.6 Å². The number of aryl methyl sites for hydroxylation is 3. The van der Waals surface area contributed by atoms with E-state index in [1.54, 1.807) is 34.6 Å². The van der Waals surface area contributed by atoms with E-state index in [4.69, 9.17) is 0 Å². The highest BCUT2D eigenvalue weighted by Gasteiger charge is 2.21. The maximum Gasteiger partial charge on any atom is 0.259 e. The molecule has 0 aliphatic heterocycles. The second-order valence-electron chi connectivity index (χ2n) is 6.51. The number of hydrogen-bond donors (Lipinski definition) is 1. The van der Waals surface area contributed by atoms with Crippen molar-refractivity contribution in [1.82, 2.24) is 14.9 Å². The number of carbonyl (C=O) groups excluding carboxylic acids is 1. The second kappa shape index (κ2) is 7.25. The van der Waals surface area contributed by atoms with Gasteiger partial charge in [0.15, 0.2) is 0 Å². The Morgan fingerprint density at radius 1 is 1.35 bits per heavy atom. The van der Waals surface area contributed by atoms with Gasteiger partial charge in [-0.25, -0.2) is 4.98 Å². The van der Waals surface area contributed by atoms with Crippen LogP contribution in [0.5, 0.6) is 0 Å². The van der Waals surface area contributed by atoms with Gasteiger partial charge in [-0.3, -0.25) is 9.59 Å². The summed E-state index contributed by atoms with van der Waals surface area (Å²) in [5.74, 6) is 0.647. The number of hydrogen-bond acceptors (Lipinski definition) is 5. The Morgan fingerprint density at radius 2 is 2.19 bits per heavy atom. The molecule has 0 saturated carbocycles. The number of carbonyl (C=O) groups is 1. The van der Waals surface area contributed by atoms with Crippen LogP contribution in [0.4, 0.5) is 0 Å². The molecule has 0 aromatic carbocycles. The molecule has 1 amide bonds. The minimum atomic E-state index is -0.0614. The first-order valence-electron chi connectivity index (χ1n) is 8.53. The van der Waals surface area contributed by atoms with Crippen LogP contribution in [0, 0.1) is 0 Å². The Balaban J connectivity index is 1.44. The SMILES string of the molecule is CN(Cc1ccc(Br)s1)C(=O)CCc1nc2sc3c(c2c(=O)[nH]1)CCC3. The van der Waals surface area contributed by atoms with Crippen molar-refractivity contribution < 1.29 is 4.79 Å². The Hall–Kier alpha value is -1.51. The van der Waals surface area contributed by atoms with Crippen LogP contribution in [-0.2, 0) is 30.6 Å². The first-order valence-corrected chi connectivity index (χ1v) is 11.0. The zero-order chi connectivity index (χ0) is 18.3. The van der Waals surface area contributed by atoms with Gasteiger partial charge in [-0.15, -0.1) is 22.7 Å². The number of halogens is 1. The quantitative estimate of drug-likeness (QED) is 0.639. The zero-order valence-electron chi connectivity index (χ0n) is 14.3. The number of nitrogens with one attached hydrogen (secondary N) is 1. The molecule has 0 unspecified atom stereocenters. The van der Waals surface area contributed by atoms with Crippen molar-refractivity contribution in [3.05, 3.63) is 47.4 Å². The summed E-state index contributed by atoms with van der Waals surface area (Å²) < 4.78 is 1.06. The van der Waals surface area contributed by atoms with E-state index >= 15 is 0 Å². The van der Waals surface area contributed by atoms with Gasteiger partial charge in [0.2, 0.25) is 5.91 Å². The average Bonchev–Trinajstić information content (AvgIpc) is 3.28. The summed E-state index contributed by atoms with van der Waals surface area (Å²) in [6.45, 7) is 0.593. The predicted molar refractivity (Wildman–Crippen MR) is 109 cm³/mol. The van der Waals surface area contributed by atoms with E-state index in [1.807, 2.05) is 12.1 Å². The number of nitrogens with zero attached hydrogens (tertiary/aromatic N) is 2. The van der Waals surface area contributed by atoms with Gasteiger partial charge in [0.1, 0.15) is 10.7 Å². The highest BCUT2D eigenvalue weighted by atomic mass is 79.9. The van der Waals surface area contributed by atoms with Crippen molar-refractivity contribution in [3.8, 4) is 0 Å². The molecule has 0 saturated heterocycles. The van der Waals surface area contributed by atoms with Crippen LogP contribution in [0.1, 0.15) is 34.0 Å². The highest BCUT2D eigenvalue weighted by Crippen LogP contribution is 2.34. The minimum Gasteiger partial charge on any atom is -0.341 e. The van der Waals surface area contributed by atoms with Crippen LogP contribution in [0.15, 0.2) is 20.7 Å². The number of rotatable bonds is 5. The third-order valence-corrected chi connectivity index (χ3v) is 7.44. The largest absolute Gasteiger partial charge is 0.341 e. The fourth-order valence-electron chi connectivity index (χ4n) is 3.34. The fraction of sp³-hybridized carbons (Fsp3) is 0.389. The van der Waals surface area contributed by atoms with Gasteiger partial charge in [-0.05, 0) is 52.9 Å². The van der Waals surface area contributed by atoms with Crippen LogP contribution in [0.2, 0.25) is 0 Å². The van der Waals surface area contributed by atoms with Crippen LogP contribution in [0.25, 0.3) is 10.2 Å². The molecule has 0 atom stereocenters. The third-order valence-electron chi connectivity index (χ3n) is 4.65. The van der Waals surface area contributed by atoms with Gasteiger partial charge in [0, 0.05) is 29.6 Å². The Labute approximate surface area is 167 Å². The number of thiophene rings is 2. The van der Waals surface area contributed by atoms with Gasteiger partial charge in [-0.1, -0.05) is 0 Å². The van der Waals surface area contributed by atoms with Gasteiger partial charge in [0.25, 0.3) is 5.56 Å². The smallest absolute Gasteiger partial charge is 0.259 e. The summed E-state index contributed by atoms with van der Waals surface area (Å²) in [5, 5.41) is 0.762. The van der Waals surface area contributed by atoms with E-state index < -0.39 is 0 Å². The van der Waals surface area contributed by atoms with Crippen LogP contribution in [-0.4, -0.2) is 27.8 Å². The molecule has 0 bridgehead atoms. The van der Waals surface area contributed by atoms with E-state index in [1.165, 1.54) is 10.4 Å². The molecule has 0 fully saturated rings. The standard InChI is InChI=1S/C18H18BrN3O2S2/c1-22(9-10-5-6-13(19)25-10)15(23)8-7-14-20-17(24)16-11-3-2-4-12(11)26-18(16)21-14/h5-6H,2-4,7-9H2,1H3,(H,20,21,24). The topological polar surface area (TPSA) is 66.1 Å². The van der Waals surface area contributed by atoms with Crippen molar-refractivity contribution in [2.45, 2.75) is 38.6 Å². The molecule has 0 spiro atoms. The van der Waals surface area contributed by atoms with Crippen LogP contribution in [0.3, 0.4) is 0 Å². The summed E-state index contributed by atoms with van der Waals surface area (Å²) in [6, 6.07) is 4.00. The van der Waals surface area contributed by atoms with Crippen LogP contribution < -0.4 is 5.56 Å². The van der Waals surface area contributed by atoms with Crippen molar-refractivity contribution in [3.63, 3.8) is 0 Å².